The van der Waals surface area contributed by atoms with Gasteiger partial charge in [-0.2, -0.15) is 0 Å². The van der Waals surface area contributed by atoms with Crippen molar-refractivity contribution < 1.29 is 5.11 Å². The number of hydrogen-bond donors (Lipinski definition) is 1. The summed E-state index contributed by atoms with van der Waals surface area (Å²) >= 11 is 3.66. The van der Waals surface area contributed by atoms with Crippen molar-refractivity contribution in [3.05, 3.63) is 76.3 Å². The highest BCUT2D eigenvalue weighted by molar-refractivity contribution is 9.10. The second-order valence-corrected chi connectivity index (χ2v) is 8.84. The lowest BCUT2D eigenvalue weighted by Gasteiger charge is -2.22. The monoisotopic (exact) mass is 448 g/mol. The number of halogens is 1. The highest BCUT2D eigenvalue weighted by Gasteiger charge is 2.23. The summed E-state index contributed by atoms with van der Waals surface area (Å²) in [5, 5.41) is 10.6. The molecule has 0 radical (unpaired) electrons. The number of phenolic OH excluding ortho intramolecular Hbond substituents is 1. The number of benzene rings is 3. The Morgan fingerprint density at radius 2 is 1.45 bits per heavy atom. The van der Waals surface area contributed by atoms with Crippen LogP contribution in [0.15, 0.2) is 65.1 Å². The number of aromatic hydroxyl groups is 1. The minimum atomic E-state index is 0.230. The molecule has 0 amide bonds. The maximum atomic E-state index is 10.6. The van der Waals surface area contributed by atoms with E-state index in [-0.39, 0.29) is 5.75 Å². The van der Waals surface area contributed by atoms with E-state index in [0.29, 0.717) is 11.8 Å². The topological polar surface area (TPSA) is 38.0 Å². The van der Waals surface area contributed by atoms with Crippen molar-refractivity contribution in [2.75, 3.05) is 0 Å². The highest BCUT2D eigenvalue weighted by Crippen LogP contribution is 2.40. The summed E-state index contributed by atoms with van der Waals surface area (Å²) in [5.41, 5.74) is 6.34. The third-order valence-electron chi connectivity index (χ3n) is 5.35. The average Bonchev–Trinajstić information content (AvgIpc) is 3.08. The molecule has 4 heteroatoms. The number of nitrogens with zero attached hydrogens (tertiary/aromatic N) is 2. The molecule has 1 heterocycles. The van der Waals surface area contributed by atoms with Gasteiger partial charge in [0.15, 0.2) is 0 Å². The third-order valence-corrected chi connectivity index (χ3v) is 5.99. The summed E-state index contributed by atoms with van der Waals surface area (Å²) in [5.74, 6) is 1.68. The maximum Gasteiger partial charge on any atom is 0.149 e. The van der Waals surface area contributed by atoms with Crippen molar-refractivity contribution in [2.24, 2.45) is 0 Å². The van der Waals surface area contributed by atoms with Crippen LogP contribution in [0.5, 0.6) is 5.75 Å². The molecule has 0 bridgehead atoms. The van der Waals surface area contributed by atoms with Gasteiger partial charge in [0.1, 0.15) is 17.1 Å². The second-order valence-electron chi connectivity index (χ2n) is 7.99. The van der Waals surface area contributed by atoms with Crippen molar-refractivity contribution in [1.82, 2.24) is 9.55 Å². The Bertz CT molecular complexity index is 1160. The maximum absolute atomic E-state index is 10.6. The molecule has 0 saturated heterocycles. The van der Waals surface area contributed by atoms with Crippen LogP contribution in [0.4, 0.5) is 0 Å². The number of hydrogen-bond acceptors (Lipinski definition) is 2. The molecule has 1 N–H and O–H groups in total. The molecule has 148 valence electrons. The van der Waals surface area contributed by atoms with Gasteiger partial charge in [-0.05, 0) is 63.2 Å². The van der Waals surface area contributed by atoms with E-state index in [9.17, 15) is 5.11 Å². The van der Waals surface area contributed by atoms with E-state index in [1.807, 2.05) is 30.3 Å². The average molecular weight is 449 g/mol. The number of fused-ring (bicyclic) bond motifs is 1. The SMILES string of the molecule is CC(C)c1cccc(C(C)C)c1-n1c(-c2ccccc2O)nc2c(Br)cccc21. The quantitative estimate of drug-likeness (QED) is 0.352. The fourth-order valence-electron chi connectivity index (χ4n) is 3.90. The minimum Gasteiger partial charge on any atom is -0.507 e. The Labute approximate surface area is 180 Å². The molecule has 0 spiro atoms. The number of imidazole rings is 1. The largest absolute Gasteiger partial charge is 0.507 e. The molecule has 0 fully saturated rings. The number of para-hydroxylation sites is 3. The van der Waals surface area contributed by atoms with E-state index in [1.54, 1.807) is 6.07 Å². The summed E-state index contributed by atoms with van der Waals surface area (Å²) in [6.45, 7) is 8.88. The van der Waals surface area contributed by atoms with Crippen molar-refractivity contribution in [2.45, 2.75) is 39.5 Å². The molecule has 0 unspecified atom stereocenters. The van der Waals surface area contributed by atoms with Gasteiger partial charge < -0.3 is 5.11 Å². The van der Waals surface area contributed by atoms with Gasteiger partial charge in [0.25, 0.3) is 0 Å². The smallest absolute Gasteiger partial charge is 0.149 e. The van der Waals surface area contributed by atoms with Crippen LogP contribution in [-0.4, -0.2) is 14.7 Å². The molecule has 1 aromatic heterocycles. The molecule has 29 heavy (non-hydrogen) atoms. The summed E-state index contributed by atoms with van der Waals surface area (Å²) < 4.78 is 3.17. The molecular formula is C25H25BrN2O. The molecule has 0 aliphatic carbocycles. The lowest BCUT2D eigenvalue weighted by molar-refractivity contribution is 0.477. The van der Waals surface area contributed by atoms with Crippen LogP contribution >= 0.6 is 15.9 Å². The zero-order chi connectivity index (χ0) is 20.7. The lowest BCUT2D eigenvalue weighted by atomic mass is 9.92. The van der Waals surface area contributed by atoms with Gasteiger partial charge in [-0.3, -0.25) is 4.57 Å². The zero-order valence-electron chi connectivity index (χ0n) is 17.1. The van der Waals surface area contributed by atoms with E-state index < -0.39 is 0 Å². The fourth-order valence-corrected chi connectivity index (χ4v) is 4.35. The Kier molecular flexibility index (Phi) is 5.22. The van der Waals surface area contributed by atoms with Crippen LogP contribution in [0, 0.1) is 0 Å². The van der Waals surface area contributed by atoms with Gasteiger partial charge in [-0.25, -0.2) is 4.98 Å². The molecule has 3 aromatic carbocycles. The third kappa shape index (κ3) is 3.36. The predicted octanol–water partition coefficient (Wildman–Crippen LogP) is 7.41. The first kappa shape index (κ1) is 19.7. The van der Waals surface area contributed by atoms with Crippen LogP contribution < -0.4 is 0 Å². The van der Waals surface area contributed by atoms with Crippen molar-refractivity contribution in [3.63, 3.8) is 0 Å². The van der Waals surface area contributed by atoms with E-state index in [4.69, 9.17) is 4.98 Å². The van der Waals surface area contributed by atoms with Crippen LogP contribution in [0.1, 0.15) is 50.7 Å². The van der Waals surface area contributed by atoms with Crippen molar-refractivity contribution >= 4 is 27.0 Å². The highest BCUT2D eigenvalue weighted by atomic mass is 79.9. The Morgan fingerprint density at radius 1 is 0.828 bits per heavy atom. The van der Waals surface area contributed by atoms with Gasteiger partial charge in [-0.15, -0.1) is 0 Å². The van der Waals surface area contributed by atoms with Gasteiger partial charge in [0, 0.05) is 4.47 Å². The number of aromatic nitrogens is 2. The molecule has 0 atom stereocenters. The van der Waals surface area contributed by atoms with Gasteiger partial charge in [-0.1, -0.05) is 64.1 Å². The second kappa shape index (κ2) is 7.68. The van der Waals surface area contributed by atoms with E-state index in [2.05, 4.69) is 72.5 Å². The van der Waals surface area contributed by atoms with Crippen molar-refractivity contribution in [3.8, 4) is 22.8 Å². The number of rotatable bonds is 4. The lowest BCUT2D eigenvalue weighted by Crippen LogP contribution is -2.08. The minimum absolute atomic E-state index is 0.230. The Balaban J connectivity index is 2.20. The molecule has 4 rings (SSSR count). The first-order chi connectivity index (χ1) is 13.9. The van der Waals surface area contributed by atoms with Crippen molar-refractivity contribution in [1.29, 1.82) is 0 Å². The Morgan fingerprint density at radius 3 is 2.07 bits per heavy atom. The standard InChI is InChI=1S/C25H25BrN2O/c1-15(2)17-10-7-11-18(16(3)4)24(17)28-21-13-8-12-20(26)23(21)27-25(28)19-9-5-6-14-22(19)29/h5-16,29H,1-4H3. The molecular weight excluding hydrogens is 424 g/mol. The molecule has 3 nitrogen and oxygen atoms in total. The van der Waals surface area contributed by atoms with Crippen LogP contribution in [0.3, 0.4) is 0 Å². The molecule has 0 aliphatic heterocycles. The predicted molar refractivity (Wildman–Crippen MR) is 124 cm³/mol. The van der Waals surface area contributed by atoms with Gasteiger partial charge >= 0.3 is 0 Å². The summed E-state index contributed by atoms with van der Waals surface area (Å²) in [4.78, 5) is 4.98. The summed E-state index contributed by atoms with van der Waals surface area (Å²) in [7, 11) is 0. The van der Waals surface area contributed by atoms with E-state index in [1.165, 1.54) is 11.1 Å². The molecule has 4 aromatic rings. The first-order valence-corrected chi connectivity index (χ1v) is 10.8. The molecule has 0 aliphatic rings. The summed E-state index contributed by atoms with van der Waals surface area (Å²) in [6, 6.07) is 20.1. The molecule has 0 saturated carbocycles. The fraction of sp³-hybridized carbons (Fsp3) is 0.240. The van der Waals surface area contributed by atoms with Crippen LogP contribution in [0.2, 0.25) is 0 Å². The number of phenols is 1. The van der Waals surface area contributed by atoms with E-state index >= 15 is 0 Å². The van der Waals surface area contributed by atoms with Crippen LogP contribution in [-0.2, 0) is 0 Å². The van der Waals surface area contributed by atoms with Crippen LogP contribution in [0.25, 0.3) is 28.1 Å². The van der Waals surface area contributed by atoms with Gasteiger partial charge in [0.05, 0.1) is 16.8 Å². The normalized spacial score (nSPS) is 11.7. The van der Waals surface area contributed by atoms with E-state index in [0.717, 1.165) is 32.6 Å². The first-order valence-electron chi connectivity index (χ1n) is 9.98. The Hall–Kier alpha value is -2.59. The zero-order valence-corrected chi connectivity index (χ0v) is 18.7. The van der Waals surface area contributed by atoms with Gasteiger partial charge in [0.2, 0.25) is 0 Å². The summed E-state index contributed by atoms with van der Waals surface area (Å²) in [6.07, 6.45) is 0.